The molecule has 1 aromatic heterocycles. The molecule has 1 aromatic rings. The second-order valence-electron chi connectivity index (χ2n) is 6.77. The first-order valence-electron chi connectivity index (χ1n) is 8.90. The number of hydrogen-bond donors (Lipinski definition) is 2. The number of hydrogen-bond acceptors (Lipinski definition) is 5. The van der Waals surface area contributed by atoms with Gasteiger partial charge in [0, 0.05) is 19.2 Å². The summed E-state index contributed by atoms with van der Waals surface area (Å²) < 4.78 is 0. The van der Waals surface area contributed by atoms with Crippen LogP contribution in [0.25, 0.3) is 6.08 Å². The monoisotopic (exact) mass is 344 g/mol. The highest BCUT2D eigenvalue weighted by Crippen LogP contribution is 2.26. The molecular weight excluding hydrogens is 320 g/mol. The summed E-state index contributed by atoms with van der Waals surface area (Å²) in [5, 5.41) is 11.7. The fourth-order valence-electron chi connectivity index (χ4n) is 3.57. The van der Waals surface area contributed by atoms with Crippen molar-refractivity contribution in [1.82, 2.24) is 14.9 Å². The molecule has 1 saturated carbocycles. The molecule has 134 valence electrons. The number of aliphatic carboxylic acids is 1. The number of carboxylic acids is 1. The molecule has 25 heavy (non-hydrogen) atoms. The third kappa shape index (κ3) is 4.78. The van der Waals surface area contributed by atoms with Crippen LogP contribution in [0.5, 0.6) is 0 Å². The predicted octanol–water partition coefficient (Wildman–Crippen LogP) is 2.17. The van der Waals surface area contributed by atoms with E-state index in [1.54, 1.807) is 0 Å². The fraction of sp³-hybridized carbons (Fsp3) is 0.556. The topological polar surface area (TPSA) is 95.4 Å². The summed E-state index contributed by atoms with van der Waals surface area (Å²) in [5.74, 6) is 0.294. The molecule has 0 spiro atoms. The second kappa shape index (κ2) is 8.09. The van der Waals surface area contributed by atoms with Gasteiger partial charge in [0.05, 0.1) is 18.1 Å². The van der Waals surface area contributed by atoms with Crippen LogP contribution in [0.1, 0.15) is 44.2 Å². The molecule has 1 aliphatic carbocycles. The highest BCUT2D eigenvalue weighted by molar-refractivity contribution is 5.86. The first-order valence-corrected chi connectivity index (χ1v) is 8.90. The Morgan fingerprint density at radius 1 is 1.24 bits per heavy atom. The number of carboxylic acid groups (broad SMARTS) is 1. The van der Waals surface area contributed by atoms with Gasteiger partial charge in [0.1, 0.15) is 11.9 Å². The summed E-state index contributed by atoms with van der Waals surface area (Å²) >= 11 is 0. The van der Waals surface area contributed by atoms with E-state index in [9.17, 15) is 9.59 Å². The predicted molar refractivity (Wildman–Crippen MR) is 93.9 cm³/mol. The van der Waals surface area contributed by atoms with Crippen LogP contribution in [0.4, 0.5) is 5.82 Å². The Bertz CT molecular complexity index is 638. The third-order valence-electron chi connectivity index (χ3n) is 4.89. The molecule has 0 aromatic carbocycles. The van der Waals surface area contributed by atoms with E-state index in [4.69, 9.17) is 5.11 Å². The number of amides is 1. The molecule has 1 saturated heterocycles. The Hall–Kier alpha value is -2.44. The lowest BCUT2D eigenvalue weighted by Crippen LogP contribution is -2.37. The number of carbonyl (C=O) groups excluding carboxylic acids is 1. The van der Waals surface area contributed by atoms with Crippen LogP contribution in [0.2, 0.25) is 0 Å². The molecule has 2 aliphatic rings. The van der Waals surface area contributed by atoms with Gasteiger partial charge in [-0.1, -0.05) is 19.3 Å². The lowest BCUT2D eigenvalue weighted by Gasteiger charge is -2.27. The van der Waals surface area contributed by atoms with Gasteiger partial charge < -0.3 is 15.3 Å². The lowest BCUT2D eigenvalue weighted by molar-refractivity contribution is -0.131. The van der Waals surface area contributed by atoms with Gasteiger partial charge in [0.2, 0.25) is 5.91 Å². The molecular formula is C18H24N4O3. The summed E-state index contributed by atoms with van der Waals surface area (Å²) in [6.07, 6.45) is 12.5. The number of aromatic nitrogens is 2. The molecule has 2 heterocycles. The first-order chi connectivity index (χ1) is 12.1. The fourth-order valence-corrected chi connectivity index (χ4v) is 3.57. The van der Waals surface area contributed by atoms with Gasteiger partial charge in [0.15, 0.2) is 0 Å². The highest BCUT2D eigenvalue weighted by atomic mass is 16.4. The van der Waals surface area contributed by atoms with Gasteiger partial charge in [-0.25, -0.2) is 9.78 Å². The van der Waals surface area contributed by atoms with Crippen molar-refractivity contribution in [1.29, 1.82) is 0 Å². The van der Waals surface area contributed by atoms with E-state index in [-0.39, 0.29) is 11.9 Å². The molecule has 0 unspecified atom stereocenters. The Morgan fingerprint density at radius 3 is 2.72 bits per heavy atom. The van der Waals surface area contributed by atoms with Gasteiger partial charge in [-0.2, -0.15) is 0 Å². The van der Waals surface area contributed by atoms with Crippen molar-refractivity contribution < 1.29 is 14.7 Å². The summed E-state index contributed by atoms with van der Waals surface area (Å²) in [6, 6.07) is -0.252. The lowest BCUT2D eigenvalue weighted by atomic mass is 9.89. The molecule has 0 radical (unpaired) electrons. The highest BCUT2D eigenvalue weighted by Gasteiger charge is 2.33. The maximum absolute atomic E-state index is 12.6. The van der Waals surface area contributed by atoms with E-state index in [2.05, 4.69) is 15.3 Å². The smallest absolute Gasteiger partial charge is 0.328 e. The Kier molecular flexibility index (Phi) is 5.63. The zero-order chi connectivity index (χ0) is 17.6. The molecule has 1 amide bonds. The van der Waals surface area contributed by atoms with Crippen LogP contribution in [0.15, 0.2) is 18.5 Å². The number of likely N-dealkylation sites (tertiary alicyclic amines) is 1. The quantitative estimate of drug-likeness (QED) is 0.768. The minimum atomic E-state index is -1.03. The first kappa shape index (κ1) is 17.4. The van der Waals surface area contributed by atoms with E-state index in [0.29, 0.717) is 17.4 Å². The Labute approximate surface area is 147 Å². The molecule has 1 aliphatic heterocycles. The number of rotatable bonds is 6. The molecule has 2 fully saturated rings. The number of nitrogens with zero attached hydrogens (tertiary/aromatic N) is 3. The van der Waals surface area contributed by atoms with Gasteiger partial charge in [0.25, 0.3) is 0 Å². The molecule has 7 nitrogen and oxygen atoms in total. The number of nitrogens with one attached hydrogen (secondary N) is 1. The van der Waals surface area contributed by atoms with Gasteiger partial charge in [-0.3, -0.25) is 9.78 Å². The number of anilines is 1. The number of carbonyl (C=O) groups is 2. The normalized spacial score (nSPS) is 21.8. The van der Waals surface area contributed by atoms with Gasteiger partial charge in [-0.15, -0.1) is 0 Å². The third-order valence-corrected chi connectivity index (χ3v) is 4.89. The van der Waals surface area contributed by atoms with Crippen LogP contribution in [-0.2, 0) is 9.59 Å². The van der Waals surface area contributed by atoms with Crippen molar-refractivity contribution in [2.24, 2.45) is 5.92 Å². The second-order valence-corrected chi connectivity index (χ2v) is 6.77. The van der Waals surface area contributed by atoms with Crippen molar-refractivity contribution in [2.45, 2.75) is 44.6 Å². The largest absolute Gasteiger partial charge is 0.478 e. The molecule has 7 heteroatoms. The van der Waals surface area contributed by atoms with Crippen LogP contribution in [0.3, 0.4) is 0 Å². The van der Waals surface area contributed by atoms with E-state index >= 15 is 0 Å². The zero-order valence-corrected chi connectivity index (χ0v) is 14.2. The van der Waals surface area contributed by atoms with Crippen molar-refractivity contribution in [3.05, 3.63) is 24.2 Å². The Morgan fingerprint density at radius 2 is 2.04 bits per heavy atom. The van der Waals surface area contributed by atoms with E-state index < -0.39 is 5.97 Å². The minimum absolute atomic E-state index is 0.141. The van der Waals surface area contributed by atoms with E-state index in [1.807, 2.05) is 4.90 Å². The van der Waals surface area contributed by atoms with E-state index in [0.717, 1.165) is 25.6 Å². The summed E-state index contributed by atoms with van der Waals surface area (Å²) in [6.45, 7) is 1.67. The maximum atomic E-state index is 12.6. The zero-order valence-electron chi connectivity index (χ0n) is 14.2. The molecule has 3 rings (SSSR count). The summed E-state index contributed by atoms with van der Waals surface area (Å²) in [5.41, 5.74) is 0.463. The Balaban J connectivity index is 1.52. The average Bonchev–Trinajstić information content (AvgIpc) is 2.95. The van der Waals surface area contributed by atoms with Crippen LogP contribution in [-0.4, -0.2) is 51.0 Å². The summed E-state index contributed by atoms with van der Waals surface area (Å²) in [4.78, 5) is 33.4. The van der Waals surface area contributed by atoms with Crippen molar-refractivity contribution >= 4 is 23.8 Å². The SMILES string of the molecule is O=C(O)C=Cc1cnc(N[C@@H]2CCN(CC3CCCCC3)C2=O)cn1. The van der Waals surface area contributed by atoms with Crippen LogP contribution < -0.4 is 5.32 Å². The van der Waals surface area contributed by atoms with Crippen molar-refractivity contribution in [2.75, 3.05) is 18.4 Å². The minimum Gasteiger partial charge on any atom is -0.478 e. The average molecular weight is 344 g/mol. The standard InChI is InChI=1S/C18H24N4O3/c23-17(24)7-6-14-10-20-16(11-19-14)21-15-8-9-22(18(15)25)12-13-4-2-1-3-5-13/h6-7,10-11,13,15H,1-5,8-9,12H2,(H,20,21)(H,23,24)/t15-/m1/s1. The van der Waals surface area contributed by atoms with Crippen LogP contribution >= 0.6 is 0 Å². The van der Waals surface area contributed by atoms with Gasteiger partial charge in [-0.05, 0) is 31.3 Å². The molecule has 2 N–H and O–H groups in total. The van der Waals surface area contributed by atoms with Gasteiger partial charge >= 0.3 is 5.97 Å². The van der Waals surface area contributed by atoms with E-state index in [1.165, 1.54) is 50.6 Å². The summed E-state index contributed by atoms with van der Waals surface area (Å²) in [7, 11) is 0. The van der Waals surface area contributed by atoms with Crippen LogP contribution in [0, 0.1) is 5.92 Å². The van der Waals surface area contributed by atoms with Crippen molar-refractivity contribution in [3.63, 3.8) is 0 Å². The maximum Gasteiger partial charge on any atom is 0.328 e. The molecule has 1 atom stereocenters. The van der Waals surface area contributed by atoms with Crippen molar-refractivity contribution in [3.8, 4) is 0 Å². The molecule has 0 bridgehead atoms.